The van der Waals surface area contributed by atoms with Crippen LogP contribution >= 0.6 is 15.9 Å². The third-order valence-corrected chi connectivity index (χ3v) is 3.51. The normalized spacial score (nSPS) is 11.9. The lowest BCUT2D eigenvalue weighted by atomic mass is 10.1. The van der Waals surface area contributed by atoms with Gasteiger partial charge in [-0.2, -0.15) is 0 Å². The van der Waals surface area contributed by atoms with Crippen molar-refractivity contribution in [2.24, 2.45) is 0 Å². The molecule has 2 nitrogen and oxygen atoms in total. The first-order valence-electron chi connectivity index (χ1n) is 5.89. The summed E-state index contributed by atoms with van der Waals surface area (Å²) in [6.07, 6.45) is 0. The number of nitrogens with one attached hydrogen (secondary N) is 1. The summed E-state index contributed by atoms with van der Waals surface area (Å²) < 4.78 is 13.9. The van der Waals surface area contributed by atoms with E-state index in [0.717, 1.165) is 10.0 Å². The highest BCUT2D eigenvalue weighted by Crippen LogP contribution is 2.18. The molecule has 0 spiro atoms. The van der Waals surface area contributed by atoms with Gasteiger partial charge in [-0.15, -0.1) is 0 Å². The van der Waals surface area contributed by atoms with Gasteiger partial charge in [-0.1, -0.05) is 24.3 Å². The third-order valence-electron chi connectivity index (χ3n) is 2.81. The number of benzene rings is 2. The number of carbonyl (C=O) groups excluding carboxylic acids is 1. The molecule has 0 aromatic heterocycles. The van der Waals surface area contributed by atoms with E-state index in [9.17, 15) is 9.18 Å². The number of carbonyl (C=O) groups is 1. The van der Waals surface area contributed by atoms with Crippen molar-refractivity contribution in [2.45, 2.75) is 13.0 Å². The first kappa shape index (κ1) is 13.7. The van der Waals surface area contributed by atoms with Crippen LogP contribution in [0.5, 0.6) is 0 Å². The fraction of sp³-hybridized carbons (Fsp3) is 0.133. The van der Waals surface area contributed by atoms with Crippen LogP contribution in [0.2, 0.25) is 0 Å². The van der Waals surface area contributed by atoms with Gasteiger partial charge in [-0.05, 0) is 52.7 Å². The van der Waals surface area contributed by atoms with Gasteiger partial charge in [-0.25, -0.2) is 4.39 Å². The molecule has 4 heteroatoms. The van der Waals surface area contributed by atoms with Crippen molar-refractivity contribution in [1.29, 1.82) is 0 Å². The van der Waals surface area contributed by atoms with Crippen LogP contribution in [-0.2, 0) is 0 Å². The van der Waals surface area contributed by atoms with Crippen LogP contribution < -0.4 is 5.32 Å². The number of halogens is 2. The van der Waals surface area contributed by atoms with Crippen LogP contribution in [0.3, 0.4) is 0 Å². The molecule has 98 valence electrons. The van der Waals surface area contributed by atoms with Crippen molar-refractivity contribution in [3.63, 3.8) is 0 Å². The van der Waals surface area contributed by atoms with Crippen molar-refractivity contribution in [2.75, 3.05) is 0 Å². The van der Waals surface area contributed by atoms with E-state index in [4.69, 9.17) is 0 Å². The molecule has 1 unspecified atom stereocenters. The van der Waals surface area contributed by atoms with Gasteiger partial charge in [-0.3, -0.25) is 4.79 Å². The van der Waals surface area contributed by atoms with E-state index in [0.29, 0.717) is 5.56 Å². The molecule has 0 aliphatic carbocycles. The second kappa shape index (κ2) is 5.97. The van der Waals surface area contributed by atoms with Crippen molar-refractivity contribution < 1.29 is 9.18 Å². The summed E-state index contributed by atoms with van der Waals surface area (Å²) in [4.78, 5) is 12.1. The van der Waals surface area contributed by atoms with Crippen molar-refractivity contribution in [1.82, 2.24) is 5.32 Å². The average molecular weight is 322 g/mol. The third kappa shape index (κ3) is 3.41. The Kier molecular flexibility index (Phi) is 4.32. The zero-order chi connectivity index (χ0) is 13.8. The quantitative estimate of drug-likeness (QED) is 0.906. The van der Waals surface area contributed by atoms with E-state index < -0.39 is 0 Å². The summed E-state index contributed by atoms with van der Waals surface area (Å²) in [6.45, 7) is 1.82. The molecule has 1 N–H and O–H groups in total. The maximum absolute atomic E-state index is 13.1. The van der Waals surface area contributed by atoms with Crippen molar-refractivity contribution in [3.8, 4) is 0 Å². The van der Waals surface area contributed by atoms with Crippen LogP contribution in [0.1, 0.15) is 28.9 Å². The fourth-order valence-electron chi connectivity index (χ4n) is 1.78. The minimum Gasteiger partial charge on any atom is -0.345 e. The van der Waals surface area contributed by atoms with Crippen LogP contribution in [0.15, 0.2) is 53.0 Å². The molecule has 2 aromatic carbocycles. The number of amides is 1. The van der Waals surface area contributed by atoms with E-state index in [1.165, 1.54) is 12.1 Å². The van der Waals surface area contributed by atoms with Crippen LogP contribution in [0.25, 0.3) is 0 Å². The molecular weight excluding hydrogens is 309 g/mol. The fourth-order valence-corrected chi connectivity index (χ4v) is 2.24. The van der Waals surface area contributed by atoms with E-state index in [1.54, 1.807) is 24.3 Å². The highest BCUT2D eigenvalue weighted by molar-refractivity contribution is 9.10. The Morgan fingerprint density at radius 1 is 1.21 bits per heavy atom. The standard InChI is InChI=1S/C15H13BrFNO/c1-10(11-5-4-6-12(17)9-11)18-15(19)13-7-2-3-8-14(13)16/h2-10H,1H3,(H,18,19). The zero-order valence-electron chi connectivity index (χ0n) is 10.4. The summed E-state index contributed by atoms with van der Waals surface area (Å²) >= 11 is 3.33. The van der Waals surface area contributed by atoms with Gasteiger partial charge in [0.1, 0.15) is 5.82 Å². The maximum atomic E-state index is 13.1. The molecule has 0 aliphatic heterocycles. The average Bonchev–Trinajstić information content (AvgIpc) is 2.39. The molecule has 2 rings (SSSR count). The zero-order valence-corrected chi connectivity index (χ0v) is 11.9. The van der Waals surface area contributed by atoms with Crippen molar-refractivity contribution >= 4 is 21.8 Å². The Bertz CT molecular complexity index is 600. The van der Waals surface area contributed by atoms with Crippen molar-refractivity contribution in [3.05, 3.63) is 69.9 Å². The highest BCUT2D eigenvalue weighted by atomic mass is 79.9. The second-order valence-electron chi connectivity index (χ2n) is 4.23. The molecule has 1 atom stereocenters. The van der Waals surface area contributed by atoms with E-state index >= 15 is 0 Å². The Morgan fingerprint density at radius 2 is 1.95 bits per heavy atom. The Labute approximate surface area is 119 Å². The van der Waals surface area contributed by atoms with E-state index in [1.807, 2.05) is 19.1 Å². The van der Waals surface area contributed by atoms with Gasteiger partial charge < -0.3 is 5.32 Å². The van der Waals surface area contributed by atoms with Crippen LogP contribution in [-0.4, -0.2) is 5.91 Å². The molecular formula is C15H13BrFNO. The summed E-state index contributed by atoms with van der Waals surface area (Å²) in [5.41, 5.74) is 1.30. The summed E-state index contributed by atoms with van der Waals surface area (Å²) in [6, 6.07) is 13.1. The number of hydrogen-bond acceptors (Lipinski definition) is 1. The van der Waals surface area contributed by atoms with Gasteiger partial charge >= 0.3 is 0 Å². The number of hydrogen-bond donors (Lipinski definition) is 1. The predicted molar refractivity (Wildman–Crippen MR) is 76.4 cm³/mol. The Balaban J connectivity index is 2.13. The van der Waals surface area contributed by atoms with Crippen LogP contribution in [0.4, 0.5) is 4.39 Å². The molecule has 0 saturated carbocycles. The number of rotatable bonds is 3. The minimum absolute atomic E-state index is 0.191. The van der Waals surface area contributed by atoms with Gasteiger partial charge in [0.05, 0.1) is 11.6 Å². The lowest BCUT2D eigenvalue weighted by Gasteiger charge is -2.15. The van der Waals surface area contributed by atoms with Crippen LogP contribution in [0, 0.1) is 5.82 Å². The molecule has 1 amide bonds. The molecule has 0 heterocycles. The summed E-state index contributed by atoms with van der Waals surface area (Å²) in [5, 5.41) is 2.84. The van der Waals surface area contributed by atoms with E-state index in [2.05, 4.69) is 21.2 Å². The van der Waals surface area contributed by atoms with Gasteiger partial charge in [0.2, 0.25) is 0 Å². The molecule has 0 aliphatic rings. The first-order chi connectivity index (χ1) is 9.08. The molecule has 0 saturated heterocycles. The topological polar surface area (TPSA) is 29.1 Å². The van der Waals surface area contributed by atoms with Gasteiger partial charge in [0.15, 0.2) is 0 Å². The van der Waals surface area contributed by atoms with Gasteiger partial charge in [0, 0.05) is 4.47 Å². The van der Waals surface area contributed by atoms with Gasteiger partial charge in [0.25, 0.3) is 5.91 Å². The molecule has 2 aromatic rings. The van der Waals surface area contributed by atoms with E-state index in [-0.39, 0.29) is 17.8 Å². The molecule has 0 bridgehead atoms. The maximum Gasteiger partial charge on any atom is 0.252 e. The summed E-state index contributed by atoms with van der Waals surface area (Å²) in [5.74, 6) is -0.497. The molecule has 0 radical (unpaired) electrons. The minimum atomic E-state index is -0.306. The SMILES string of the molecule is CC(NC(=O)c1ccccc1Br)c1cccc(F)c1. The highest BCUT2D eigenvalue weighted by Gasteiger charge is 2.13. The summed E-state index contributed by atoms with van der Waals surface area (Å²) in [7, 11) is 0. The Hall–Kier alpha value is -1.68. The second-order valence-corrected chi connectivity index (χ2v) is 5.08. The molecule has 19 heavy (non-hydrogen) atoms. The lowest BCUT2D eigenvalue weighted by molar-refractivity contribution is 0.0939. The lowest BCUT2D eigenvalue weighted by Crippen LogP contribution is -2.26. The predicted octanol–water partition coefficient (Wildman–Crippen LogP) is 4.08. The largest absolute Gasteiger partial charge is 0.345 e. The molecule has 0 fully saturated rings. The smallest absolute Gasteiger partial charge is 0.252 e. The monoisotopic (exact) mass is 321 g/mol. The first-order valence-corrected chi connectivity index (χ1v) is 6.68. The Morgan fingerprint density at radius 3 is 2.63 bits per heavy atom.